The molecule has 2 nitrogen and oxygen atoms in total. The van der Waals surface area contributed by atoms with E-state index in [1.165, 1.54) is 54.9 Å². The van der Waals surface area contributed by atoms with Crippen molar-refractivity contribution in [2.75, 3.05) is 0 Å². The first-order valence-electron chi connectivity index (χ1n) is 17.2. The van der Waals surface area contributed by atoms with Crippen LogP contribution in [0.5, 0.6) is 0 Å². The molecule has 51 heavy (non-hydrogen) atoms. The highest BCUT2D eigenvalue weighted by molar-refractivity contribution is 6.67. The van der Waals surface area contributed by atoms with Crippen LogP contribution in [0, 0.1) is 0 Å². The van der Waals surface area contributed by atoms with Gasteiger partial charge in [-0.05, 0) is 96.4 Å². The second-order valence-corrected chi connectivity index (χ2v) is 14.4. The van der Waals surface area contributed by atoms with Crippen molar-refractivity contribution < 1.29 is 0 Å². The third-order valence-electron chi connectivity index (χ3n) is 10.9. The van der Waals surface area contributed by atoms with Crippen molar-refractivity contribution in [2.24, 2.45) is 0 Å². The molecule has 1 aliphatic carbocycles. The van der Waals surface area contributed by atoms with E-state index in [2.05, 4.69) is 117 Å². The minimum atomic E-state index is -1.93. The lowest BCUT2D eigenvalue weighted by molar-refractivity contribution is 0.660. The van der Waals surface area contributed by atoms with Gasteiger partial charge in [-0.1, -0.05) is 128 Å². The Morgan fingerprint density at radius 3 is 1.67 bits per heavy atom. The molecule has 0 atom stereocenters. The number of hydrogen-bond donors (Lipinski definition) is 0. The summed E-state index contributed by atoms with van der Waals surface area (Å²) in [7, 11) is 31.3. The number of rotatable bonds is 5. The number of nitrogens with zero attached hydrogens (tertiary/aromatic N) is 2. The number of para-hydroxylation sites is 2. The molecule has 7 aromatic carbocycles. The molecular formula is C44H29B5N2. The Morgan fingerprint density at radius 2 is 1.04 bits per heavy atom. The largest absolute Gasteiger partial charge is 0.297 e. The van der Waals surface area contributed by atoms with E-state index in [1.807, 2.05) is 41.0 Å². The predicted octanol–water partition coefficient (Wildman–Crippen LogP) is 9.04. The van der Waals surface area contributed by atoms with Crippen molar-refractivity contribution in [3.05, 3.63) is 156 Å². The molecule has 0 unspecified atom stereocenters. The molecular weight excluding hydrogens is 611 g/mol. The lowest BCUT2D eigenvalue weighted by Crippen LogP contribution is -2.45. The third-order valence-corrected chi connectivity index (χ3v) is 10.9. The van der Waals surface area contributed by atoms with Crippen LogP contribution in [0.25, 0.3) is 71.6 Å². The summed E-state index contributed by atoms with van der Waals surface area (Å²) in [6.07, 6.45) is 0. The van der Waals surface area contributed by atoms with Crippen LogP contribution in [0.1, 0.15) is 30.8 Å². The minimum absolute atomic E-state index is 0.0942. The zero-order valence-electron chi connectivity index (χ0n) is 28.6. The van der Waals surface area contributed by atoms with Crippen molar-refractivity contribution in [3.63, 3.8) is 0 Å². The maximum absolute atomic E-state index is 6.51. The lowest BCUT2D eigenvalue weighted by Gasteiger charge is -2.41. The minimum Gasteiger partial charge on any atom is -0.297 e. The van der Waals surface area contributed by atoms with Gasteiger partial charge in [0.05, 0.1) is 50.3 Å². The monoisotopic (exact) mass is 640 g/mol. The summed E-state index contributed by atoms with van der Waals surface area (Å²) in [5.41, 5.74) is 12.3. The Balaban J connectivity index is 1.23. The van der Waals surface area contributed by atoms with Crippen LogP contribution in [0.2, 0.25) is 5.11 Å². The summed E-state index contributed by atoms with van der Waals surface area (Å²) in [4.78, 5) is 4.74. The van der Waals surface area contributed by atoms with Crippen molar-refractivity contribution in [3.8, 4) is 39.1 Å². The average molecular weight is 640 g/mol. The van der Waals surface area contributed by atoms with Crippen LogP contribution in [0.3, 0.4) is 0 Å². The van der Waals surface area contributed by atoms with Gasteiger partial charge in [0, 0.05) is 11.1 Å². The van der Waals surface area contributed by atoms with Crippen LogP contribution in [0.15, 0.2) is 140 Å². The molecule has 0 bridgehead atoms. The van der Waals surface area contributed by atoms with E-state index in [9.17, 15) is 0 Å². The SMILES string of the molecule is [B]C([B])([B])C([B])([B])c1nc2ccccc2n1-c1ccc(-c2c3ccccc3c(-c3ccc4c(c3)C(C)(C)c3ccccc3-4)c3ccccc23)cc1. The fourth-order valence-electron chi connectivity index (χ4n) is 8.15. The van der Waals surface area contributed by atoms with Crippen LogP contribution in [-0.2, 0) is 10.6 Å². The maximum Gasteiger partial charge on any atom is 0.101 e. The van der Waals surface area contributed by atoms with Gasteiger partial charge in [0.25, 0.3) is 0 Å². The van der Waals surface area contributed by atoms with Gasteiger partial charge in [-0.25, -0.2) is 4.98 Å². The molecule has 0 fully saturated rings. The maximum atomic E-state index is 6.51. The fraction of sp³-hybridized carbons (Fsp3) is 0.114. The second kappa shape index (κ2) is 11.2. The number of benzene rings is 7. The van der Waals surface area contributed by atoms with Crippen molar-refractivity contribution in [1.82, 2.24) is 9.55 Å². The number of imidazole rings is 1. The van der Waals surface area contributed by atoms with E-state index in [4.69, 9.17) is 44.2 Å². The van der Waals surface area contributed by atoms with E-state index in [0.29, 0.717) is 5.52 Å². The predicted molar refractivity (Wildman–Crippen MR) is 218 cm³/mol. The highest BCUT2D eigenvalue weighted by Gasteiger charge is 2.37. The quantitative estimate of drug-likeness (QED) is 0.136. The van der Waals surface area contributed by atoms with Gasteiger partial charge in [-0.3, -0.25) is 4.57 Å². The van der Waals surface area contributed by atoms with Crippen molar-refractivity contribution in [1.29, 1.82) is 0 Å². The van der Waals surface area contributed by atoms with Crippen molar-refractivity contribution in [2.45, 2.75) is 29.6 Å². The van der Waals surface area contributed by atoms with Crippen LogP contribution in [-0.4, -0.2) is 48.8 Å². The summed E-state index contributed by atoms with van der Waals surface area (Å²) in [6.45, 7) is 4.67. The van der Waals surface area contributed by atoms with Gasteiger partial charge in [0.1, 0.15) is 5.82 Å². The molecule has 1 aromatic heterocycles. The Morgan fingerprint density at radius 1 is 0.529 bits per heavy atom. The first-order valence-corrected chi connectivity index (χ1v) is 17.2. The fourth-order valence-corrected chi connectivity index (χ4v) is 8.15. The zero-order chi connectivity index (χ0) is 35.3. The molecule has 0 spiro atoms. The Labute approximate surface area is 305 Å². The van der Waals surface area contributed by atoms with E-state index in [1.54, 1.807) is 0 Å². The van der Waals surface area contributed by atoms with Gasteiger partial charge in [0.2, 0.25) is 0 Å². The smallest absolute Gasteiger partial charge is 0.101 e. The average Bonchev–Trinajstić information content (AvgIpc) is 3.63. The van der Waals surface area contributed by atoms with Gasteiger partial charge < -0.3 is 0 Å². The summed E-state index contributed by atoms with van der Waals surface area (Å²) < 4.78 is 1.88. The molecule has 1 aliphatic rings. The lowest BCUT2D eigenvalue weighted by atomic mass is 9.23. The Kier molecular flexibility index (Phi) is 6.97. The first kappa shape index (κ1) is 31.8. The van der Waals surface area contributed by atoms with Crippen LogP contribution >= 0.6 is 0 Å². The van der Waals surface area contributed by atoms with Crippen LogP contribution in [0.4, 0.5) is 0 Å². The standard InChI is InChI=1S/C44H29B5N2/c1-42(2)35-16-8-7-11-29(35)30-24-21-27(25-36(30)42)40-33-14-5-3-12-31(33)39(32-13-4-6-15-34(32)40)26-19-22-28(23-20-26)51-38-18-10-9-17-37(38)50-41(51)43(45,46)44(47,48)49/h3-25H,1-2H3. The number of aromatic nitrogens is 2. The molecule has 1 heterocycles. The first-order chi connectivity index (χ1) is 24.5. The summed E-state index contributed by atoms with van der Waals surface area (Å²) in [5, 5.41) is 1.00. The molecule has 7 heteroatoms. The third kappa shape index (κ3) is 4.67. The molecule has 0 aliphatic heterocycles. The summed E-state index contributed by atoms with van der Waals surface area (Å²) in [6, 6.07) is 49.3. The van der Waals surface area contributed by atoms with Gasteiger partial charge in [0.15, 0.2) is 0 Å². The van der Waals surface area contributed by atoms with Crippen LogP contribution < -0.4 is 0 Å². The number of fused-ring (bicyclic) bond motifs is 6. The molecule has 230 valence electrons. The molecule has 10 radical (unpaired) electrons. The Bertz CT molecular complexity index is 2630. The van der Waals surface area contributed by atoms with Gasteiger partial charge in [-0.2, -0.15) is 0 Å². The van der Waals surface area contributed by atoms with Gasteiger partial charge >= 0.3 is 0 Å². The van der Waals surface area contributed by atoms with E-state index in [-0.39, 0.29) is 11.2 Å². The molecule has 0 saturated heterocycles. The number of hydrogen-bond acceptors (Lipinski definition) is 1. The van der Waals surface area contributed by atoms with E-state index in [0.717, 1.165) is 22.3 Å². The zero-order valence-corrected chi connectivity index (χ0v) is 28.6. The molecule has 0 saturated carbocycles. The highest BCUT2D eigenvalue weighted by Crippen LogP contribution is 2.51. The van der Waals surface area contributed by atoms with Crippen molar-refractivity contribution >= 4 is 71.8 Å². The summed E-state index contributed by atoms with van der Waals surface area (Å²) >= 11 is 0. The normalized spacial score (nSPS) is 13.8. The highest BCUT2D eigenvalue weighted by atomic mass is 15.1. The molecule has 8 aromatic rings. The molecule has 0 amide bonds. The summed E-state index contributed by atoms with van der Waals surface area (Å²) in [5.74, 6) is 0.268. The second-order valence-electron chi connectivity index (χ2n) is 14.4. The Hall–Kier alpha value is -5.15. The van der Waals surface area contributed by atoms with E-state index < -0.39 is 10.3 Å². The molecule has 0 N–H and O–H groups in total. The topological polar surface area (TPSA) is 17.8 Å². The van der Waals surface area contributed by atoms with E-state index >= 15 is 0 Å². The molecule has 9 rings (SSSR count). The van der Waals surface area contributed by atoms with Gasteiger partial charge in [-0.15, -0.1) is 5.11 Å².